The van der Waals surface area contributed by atoms with E-state index in [2.05, 4.69) is 51.0 Å². The van der Waals surface area contributed by atoms with Gasteiger partial charge in [-0.1, -0.05) is 26.0 Å². The topological polar surface area (TPSA) is 38.5 Å². The summed E-state index contributed by atoms with van der Waals surface area (Å²) in [5, 5.41) is 0. The molecule has 0 bridgehead atoms. The molecule has 0 fully saturated rings. The summed E-state index contributed by atoms with van der Waals surface area (Å²) in [6.45, 7) is 5.06. The number of nitrogens with zero attached hydrogens (tertiary/aromatic N) is 1. The fourth-order valence-electron chi connectivity index (χ4n) is 2.21. The Morgan fingerprint density at radius 2 is 1.94 bits per heavy atom. The average Bonchev–Trinajstić information content (AvgIpc) is 2.34. The molecule has 3 nitrogen and oxygen atoms in total. The standard InChI is InChI=1S/C15H26N2O/c1-11(2)12-6-7-13(15(10-12)18-5)14(8-9-16)17(3)4/h6-7,10-11,14H,8-9,16H2,1-5H3. The van der Waals surface area contributed by atoms with Crippen molar-refractivity contribution in [3.05, 3.63) is 29.3 Å². The Balaban J connectivity index is 3.13. The van der Waals surface area contributed by atoms with Crippen molar-refractivity contribution in [1.82, 2.24) is 4.90 Å². The van der Waals surface area contributed by atoms with Crippen molar-refractivity contribution in [2.45, 2.75) is 32.2 Å². The monoisotopic (exact) mass is 250 g/mol. The van der Waals surface area contributed by atoms with Crippen LogP contribution in [0.2, 0.25) is 0 Å². The van der Waals surface area contributed by atoms with Gasteiger partial charge in [-0.2, -0.15) is 0 Å². The van der Waals surface area contributed by atoms with E-state index in [1.54, 1.807) is 7.11 Å². The summed E-state index contributed by atoms with van der Waals surface area (Å²) >= 11 is 0. The van der Waals surface area contributed by atoms with Gasteiger partial charge in [-0.25, -0.2) is 0 Å². The van der Waals surface area contributed by atoms with Gasteiger partial charge in [-0.3, -0.25) is 0 Å². The molecule has 1 aromatic rings. The predicted molar refractivity (Wildman–Crippen MR) is 77.2 cm³/mol. The first kappa shape index (κ1) is 15.0. The highest BCUT2D eigenvalue weighted by molar-refractivity contribution is 5.40. The van der Waals surface area contributed by atoms with Crippen LogP contribution in [0.15, 0.2) is 18.2 Å². The molecule has 1 atom stereocenters. The normalized spacial score (nSPS) is 13.1. The fraction of sp³-hybridized carbons (Fsp3) is 0.600. The van der Waals surface area contributed by atoms with Crippen LogP contribution in [0.3, 0.4) is 0 Å². The van der Waals surface area contributed by atoms with Crippen LogP contribution in [0.4, 0.5) is 0 Å². The molecular formula is C15H26N2O. The third-order valence-electron chi connectivity index (χ3n) is 3.35. The quantitative estimate of drug-likeness (QED) is 0.843. The van der Waals surface area contributed by atoms with E-state index >= 15 is 0 Å². The molecule has 0 saturated carbocycles. The SMILES string of the molecule is COc1cc(C(C)C)ccc1C(CCN)N(C)C. The van der Waals surface area contributed by atoms with E-state index in [1.807, 2.05) is 0 Å². The molecule has 0 aliphatic heterocycles. The zero-order chi connectivity index (χ0) is 13.7. The Bertz CT molecular complexity index is 375. The molecule has 0 aliphatic carbocycles. The maximum atomic E-state index is 5.71. The van der Waals surface area contributed by atoms with Crippen LogP contribution in [0.5, 0.6) is 5.75 Å². The van der Waals surface area contributed by atoms with Crippen LogP contribution in [0.1, 0.15) is 43.4 Å². The Labute approximate surface area is 111 Å². The molecule has 0 amide bonds. The van der Waals surface area contributed by atoms with E-state index in [0.717, 1.165) is 12.2 Å². The van der Waals surface area contributed by atoms with Gasteiger partial charge in [0.15, 0.2) is 0 Å². The van der Waals surface area contributed by atoms with Crippen molar-refractivity contribution in [2.75, 3.05) is 27.7 Å². The minimum Gasteiger partial charge on any atom is -0.496 e. The summed E-state index contributed by atoms with van der Waals surface area (Å²) in [5.41, 5.74) is 8.23. The third-order valence-corrected chi connectivity index (χ3v) is 3.35. The zero-order valence-corrected chi connectivity index (χ0v) is 12.2. The Morgan fingerprint density at radius 3 is 2.39 bits per heavy atom. The Morgan fingerprint density at radius 1 is 1.28 bits per heavy atom. The molecule has 0 heterocycles. The molecule has 3 heteroatoms. The largest absolute Gasteiger partial charge is 0.496 e. The maximum absolute atomic E-state index is 5.71. The van der Waals surface area contributed by atoms with Crippen LogP contribution in [0, 0.1) is 0 Å². The van der Waals surface area contributed by atoms with Gasteiger partial charge in [-0.05, 0) is 44.6 Å². The van der Waals surface area contributed by atoms with Crippen molar-refractivity contribution in [3.63, 3.8) is 0 Å². The molecule has 1 unspecified atom stereocenters. The molecule has 1 aromatic carbocycles. The van der Waals surface area contributed by atoms with Gasteiger partial charge in [0, 0.05) is 11.6 Å². The van der Waals surface area contributed by atoms with Gasteiger partial charge in [0.2, 0.25) is 0 Å². The van der Waals surface area contributed by atoms with E-state index < -0.39 is 0 Å². The summed E-state index contributed by atoms with van der Waals surface area (Å²) in [5.74, 6) is 1.48. The van der Waals surface area contributed by atoms with Gasteiger partial charge < -0.3 is 15.4 Å². The minimum absolute atomic E-state index is 0.311. The second-order valence-corrected chi connectivity index (χ2v) is 5.21. The first-order valence-electron chi connectivity index (χ1n) is 6.55. The van der Waals surface area contributed by atoms with Gasteiger partial charge in [0.05, 0.1) is 7.11 Å². The molecule has 18 heavy (non-hydrogen) atoms. The lowest BCUT2D eigenvalue weighted by molar-refractivity contribution is 0.277. The van der Waals surface area contributed by atoms with E-state index in [1.165, 1.54) is 11.1 Å². The zero-order valence-electron chi connectivity index (χ0n) is 12.2. The number of hydrogen-bond acceptors (Lipinski definition) is 3. The predicted octanol–water partition coefficient (Wildman–Crippen LogP) is 2.77. The summed E-state index contributed by atoms with van der Waals surface area (Å²) < 4.78 is 5.55. The highest BCUT2D eigenvalue weighted by Gasteiger charge is 2.18. The Hall–Kier alpha value is -1.06. The van der Waals surface area contributed by atoms with E-state index in [9.17, 15) is 0 Å². The van der Waals surface area contributed by atoms with Crippen LogP contribution in [-0.4, -0.2) is 32.6 Å². The van der Waals surface area contributed by atoms with E-state index in [0.29, 0.717) is 18.5 Å². The molecule has 0 saturated heterocycles. The second-order valence-electron chi connectivity index (χ2n) is 5.21. The van der Waals surface area contributed by atoms with Crippen LogP contribution >= 0.6 is 0 Å². The van der Waals surface area contributed by atoms with Gasteiger partial charge in [0.1, 0.15) is 5.75 Å². The molecule has 0 aromatic heterocycles. The lowest BCUT2D eigenvalue weighted by Gasteiger charge is -2.26. The highest BCUT2D eigenvalue weighted by atomic mass is 16.5. The first-order chi connectivity index (χ1) is 8.51. The van der Waals surface area contributed by atoms with Crippen LogP contribution < -0.4 is 10.5 Å². The second kappa shape index (κ2) is 6.76. The lowest BCUT2D eigenvalue weighted by Crippen LogP contribution is -2.23. The first-order valence-corrected chi connectivity index (χ1v) is 6.55. The van der Waals surface area contributed by atoms with E-state index in [-0.39, 0.29) is 0 Å². The van der Waals surface area contributed by atoms with Gasteiger partial charge in [0.25, 0.3) is 0 Å². The number of ether oxygens (including phenoxy) is 1. The van der Waals surface area contributed by atoms with Gasteiger partial charge in [-0.15, -0.1) is 0 Å². The molecule has 0 radical (unpaired) electrons. The van der Waals surface area contributed by atoms with Crippen molar-refractivity contribution in [3.8, 4) is 5.75 Å². The van der Waals surface area contributed by atoms with Crippen LogP contribution in [-0.2, 0) is 0 Å². The number of benzene rings is 1. The summed E-state index contributed by atoms with van der Waals surface area (Å²) in [4.78, 5) is 2.19. The highest BCUT2D eigenvalue weighted by Crippen LogP contribution is 2.32. The average molecular weight is 250 g/mol. The van der Waals surface area contributed by atoms with E-state index in [4.69, 9.17) is 10.5 Å². The number of rotatable bonds is 6. The maximum Gasteiger partial charge on any atom is 0.123 e. The molecule has 1 rings (SSSR count). The fourth-order valence-corrected chi connectivity index (χ4v) is 2.21. The number of hydrogen-bond donors (Lipinski definition) is 1. The smallest absolute Gasteiger partial charge is 0.123 e. The van der Waals surface area contributed by atoms with Crippen LogP contribution in [0.25, 0.3) is 0 Å². The molecule has 2 N–H and O–H groups in total. The minimum atomic E-state index is 0.311. The van der Waals surface area contributed by atoms with Crippen molar-refractivity contribution in [2.24, 2.45) is 5.73 Å². The Kier molecular flexibility index (Phi) is 5.63. The van der Waals surface area contributed by atoms with Crippen molar-refractivity contribution in [1.29, 1.82) is 0 Å². The summed E-state index contributed by atoms with van der Waals surface area (Å²) in [6, 6.07) is 6.82. The van der Waals surface area contributed by atoms with Crippen molar-refractivity contribution < 1.29 is 4.74 Å². The summed E-state index contributed by atoms with van der Waals surface area (Å²) in [7, 11) is 5.89. The molecule has 102 valence electrons. The molecular weight excluding hydrogens is 224 g/mol. The van der Waals surface area contributed by atoms with Gasteiger partial charge >= 0.3 is 0 Å². The van der Waals surface area contributed by atoms with Crippen molar-refractivity contribution >= 4 is 0 Å². The molecule has 0 spiro atoms. The lowest BCUT2D eigenvalue weighted by atomic mass is 9.96. The molecule has 0 aliphatic rings. The third kappa shape index (κ3) is 3.47. The summed E-state index contributed by atoms with van der Waals surface area (Å²) in [6.07, 6.45) is 0.935. The number of nitrogens with two attached hydrogens (primary N) is 1. The number of methoxy groups -OCH3 is 1.